The van der Waals surface area contributed by atoms with Crippen LogP contribution in [0.5, 0.6) is 0 Å². The average Bonchev–Trinajstić information content (AvgIpc) is 2.32. The minimum absolute atomic E-state index is 0.190. The first-order valence-electron chi connectivity index (χ1n) is 5.76. The van der Waals surface area contributed by atoms with Gasteiger partial charge in [-0.15, -0.1) is 0 Å². The molecule has 0 bridgehead atoms. The van der Waals surface area contributed by atoms with Gasteiger partial charge in [0.1, 0.15) is 0 Å². The lowest BCUT2D eigenvalue weighted by Gasteiger charge is -2.16. The fourth-order valence-corrected chi connectivity index (χ4v) is 2.68. The average molecular weight is 325 g/mol. The van der Waals surface area contributed by atoms with Gasteiger partial charge in [0, 0.05) is 9.50 Å². The highest BCUT2D eigenvalue weighted by molar-refractivity contribution is 9.10. The van der Waals surface area contributed by atoms with Crippen molar-refractivity contribution >= 4 is 27.5 Å². The Hall–Kier alpha value is -0.830. The Labute approximate surface area is 121 Å². The lowest BCUT2D eigenvalue weighted by atomic mass is 9.96. The molecule has 0 heterocycles. The molecule has 1 nitrogen and oxygen atoms in total. The second-order valence-corrected chi connectivity index (χ2v) is 5.81. The van der Waals surface area contributed by atoms with E-state index < -0.39 is 0 Å². The highest BCUT2D eigenvalue weighted by atomic mass is 79.9. The molecule has 2 N–H and O–H groups in total. The smallest absolute Gasteiger partial charge is 0.0566 e. The molecule has 0 saturated carbocycles. The number of benzene rings is 2. The van der Waals surface area contributed by atoms with Crippen LogP contribution in [-0.2, 0) is 0 Å². The van der Waals surface area contributed by atoms with Crippen molar-refractivity contribution in [3.8, 4) is 0 Å². The molecule has 2 rings (SSSR count). The molecule has 94 valence electrons. The lowest BCUT2D eigenvalue weighted by molar-refractivity contribution is 0.868. The summed E-state index contributed by atoms with van der Waals surface area (Å²) in [6.45, 7) is 4.19. The Morgan fingerprint density at radius 3 is 2.39 bits per heavy atom. The van der Waals surface area contributed by atoms with E-state index in [0.29, 0.717) is 5.02 Å². The lowest BCUT2D eigenvalue weighted by Crippen LogP contribution is -2.12. The molecule has 1 atom stereocenters. The number of aryl methyl sites for hydroxylation is 2. The molecule has 18 heavy (non-hydrogen) atoms. The number of nitrogens with two attached hydrogens (primary N) is 1. The molecular formula is C15H15BrClN. The van der Waals surface area contributed by atoms with Crippen molar-refractivity contribution in [2.75, 3.05) is 0 Å². The van der Waals surface area contributed by atoms with Gasteiger partial charge in [-0.3, -0.25) is 0 Å². The molecule has 2 aromatic carbocycles. The van der Waals surface area contributed by atoms with Gasteiger partial charge in [-0.25, -0.2) is 0 Å². The zero-order valence-corrected chi connectivity index (χ0v) is 12.7. The maximum absolute atomic E-state index is 6.29. The van der Waals surface area contributed by atoms with E-state index in [1.807, 2.05) is 18.2 Å². The SMILES string of the molecule is Cc1ccc(C(N)c2ccc(Br)cc2Cl)cc1C. The van der Waals surface area contributed by atoms with E-state index in [2.05, 4.69) is 48.0 Å². The first-order chi connectivity index (χ1) is 8.49. The predicted octanol–water partition coefficient (Wildman–Crippen LogP) is 4.77. The summed E-state index contributed by atoms with van der Waals surface area (Å²) < 4.78 is 0.962. The van der Waals surface area contributed by atoms with E-state index >= 15 is 0 Å². The molecule has 0 spiro atoms. The molecule has 3 heteroatoms. The monoisotopic (exact) mass is 323 g/mol. The summed E-state index contributed by atoms with van der Waals surface area (Å²) >= 11 is 9.63. The number of rotatable bonds is 2. The van der Waals surface area contributed by atoms with Gasteiger partial charge in [-0.2, -0.15) is 0 Å². The van der Waals surface area contributed by atoms with E-state index in [4.69, 9.17) is 17.3 Å². The minimum atomic E-state index is -0.190. The zero-order chi connectivity index (χ0) is 13.3. The molecule has 0 amide bonds. The third-order valence-corrected chi connectivity index (χ3v) is 4.01. The van der Waals surface area contributed by atoms with Gasteiger partial charge in [0.25, 0.3) is 0 Å². The summed E-state index contributed by atoms with van der Waals surface area (Å²) in [5.41, 5.74) is 10.8. The number of hydrogen-bond donors (Lipinski definition) is 1. The van der Waals surface area contributed by atoms with Gasteiger partial charge in [0.05, 0.1) is 6.04 Å². The van der Waals surface area contributed by atoms with Crippen molar-refractivity contribution < 1.29 is 0 Å². The van der Waals surface area contributed by atoms with Crippen molar-refractivity contribution in [1.82, 2.24) is 0 Å². The van der Waals surface area contributed by atoms with Crippen LogP contribution >= 0.6 is 27.5 Å². The van der Waals surface area contributed by atoms with Crippen molar-refractivity contribution in [2.45, 2.75) is 19.9 Å². The van der Waals surface area contributed by atoms with Gasteiger partial charge in [-0.1, -0.05) is 51.8 Å². The van der Waals surface area contributed by atoms with Crippen molar-refractivity contribution in [3.63, 3.8) is 0 Å². The summed E-state index contributed by atoms with van der Waals surface area (Å²) in [7, 11) is 0. The van der Waals surface area contributed by atoms with Gasteiger partial charge < -0.3 is 5.73 Å². The predicted molar refractivity (Wildman–Crippen MR) is 81.1 cm³/mol. The Morgan fingerprint density at radius 1 is 1.06 bits per heavy atom. The van der Waals surface area contributed by atoms with Crippen LogP contribution in [0.2, 0.25) is 5.02 Å². The summed E-state index contributed by atoms with van der Waals surface area (Å²) in [5.74, 6) is 0. The Morgan fingerprint density at radius 2 is 1.78 bits per heavy atom. The highest BCUT2D eigenvalue weighted by Crippen LogP contribution is 2.29. The third-order valence-electron chi connectivity index (χ3n) is 3.19. The van der Waals surface area contributed by atoms with E-state index in [9.17, 15) is 0 Å². The standard InChI is InChI=1S/C15H15BrClN/c1-9-3-4-11(7-10(9)2)15(18)13-6-5-12(16)8-14(13)17/h3-8,15H,18H2,1-2H3. The topological polar surface area (TPSA) is 26.0 Å². The van der Waals surface area contributed by atoms with Crippen LogP contribution in [0.25, 0.3) is 0 Å². The largest absolute Gasteiger partial charge is 0.320 e. The minimum Gasteiger partial charge on any atom is -0.320 e. The molecule has 0 saturated heterocycles. The summed E-state index contributed by atoms with van der Waals surface area (Å²) in [5, 5.41) is 0.690. The summed E-state index contributed by atoms with van der Waals surface area (Å²) in [6.07, 6.45) is 0. The summed E-state index contributed by atoms with van der Waals surface area (Å²) in [4.78, 5) is 0. The zero-order valence-electron chi connectivity index (χ0n) is 10.4. The van der Waals surface area contributed by atoms with E-state index in [-0.39, 0.29) is 6.04 Å². The maximum Gasteiger partial charge on any atom is 0.0566 e. The van der Waals surface area contributed by atoms with Crippen LogP contribution in [0.1, 0.15) is 28.3 Å². The normalized spacial score (nSPS) is 12.5. The molecule has 0 aliphatic heterocycles. The quantitative estimate of drug-likeness (QED) is 0.846. The maximum atomic E-state index is 6.29. The van der Waals surface area contributed by atoms with Crippen molar-refractivity contribution in [3.05, 3.63) is 68.1 Å². The van der Waals surface area contributed by atoms with Crippen LogP contribution in [0.4, 0.5) is 0 Å². The van der Waals surface area contributed by atoms with E-state index in [1.165, 1.54) is 11.1 Å². The first kappa shape index (κ1) is 13.6. The van der Waals surface area contributed by atoms with E-state index in [1.54, 1.807) is 0 Å². The Balaban J connectivity index is 2.41. The second-order valence-electron chi connectivity index (χ2n) is 4.49. The summed E-state index contributed by atoms with van der Waals surface area (Å²) in [6, 6.07) is 11.9. The number of halogens is 2. The second kappa shape index (κ2) is 5.43. The van der Waals surface area contributed by atoms with Gasteiger partial charge in [0.15, 0.2) is 0 Å². The fourth-order valence-electron chi connectivity index (χ4n) is 1.89. The van der Waals surface area contributed by atoms with Crippen LogP contribution < -0.4 is 5.73 Å². The first-order valence-corrected chi connectivity index (χ1v) is 6.94. The van der Waals surface area contributed by atoms with Crippen LogP contribution in [0.3, 0.4) is 0 Å². The molecule has 0 aliphatic carbocycles. The van der Waals surface area contributed by atoms with Crippen LogP contribution in [-0.4, -0.2) is 0 Å². The van der Waals surface area contributed by atoms with E-state index in [0.717, 1.165) is 15.6 Å². The highest BCUT2D eigenvalue weighted by Gasteiger charge is 2.13. The molecule has 0 radical (unpaired) electrons. The fraction of sp³-hybridized carbons (Fsp3) is 0.200. The van der Waals surface area contributed by atoms with Gasteiger partial charge >= 0.3 is 0 Å². The Bertz CT molecular complexity index is 581. The molecule has 1 unspecified atom stereocenters. The van der Waals surface area contributed by atoms with Crippen LogP contribution in [0.15, 0.2) is 40.9 Å². The third kappa shape index (κ3) is 2.77. The molecule has 0 aliphatic rings. The molecule has 2 aromatic rings. The molecule has 0 fully saturated rings. The Kier molecular flexibility index (Phi) is 4.10. The van der Waals surface area contributed by atoms with Crippen LogP contribution in [0, 0.1) is 13.8 Å². The number of hydrogen-bond acceptors (Lipinski definition) is 1. The van der Waals surface area contributed by atoms with Gasteiger partial charge in [0.2, 0.25) is 0 Å². The van der Waals surface area contributed by atoms with Crippen molar-refractivity contribution in [1.29, 1.82) is 0 Å². The van der Waals surface area contributed by atoms with Gasteiger partial charge in [-0.05, 0) is 48.2 Å². The molecule has 0 aromatic heterocycles. The molecular weight excluding hydrogens is 310 g/mol. The van der Waals surface area contributed by atoms with Crippen molar-refractivity contribution in [2.24, 2.45) is 5.73 Å².